The zero-order valence-corrected chi connectivity index (χ0v) is 15.5. The molecule has 3 heteroatoms. The summed E-state index contributed by atoms with van der Waals surface area (Å²) in [6.45, 7) is 6.36. The average Bonchev–Trinajstić information content (AvgIpc) is 2.88. The van der Waals surface area contributed by atoms with E-state index in [4.69, 9.17) is 0 Å². The van der Waals surface area contributed by atoms with E-state index in [1.165, 1.54) is 12.8 Å². The van der Waals surface area contributed by atoms with E-state index < -0.39 is 0 Å². The SMILES string of the molecule is CC(=O)[C@H]1CC[C@H]2[C@@H]3CC[C@@H]4C[C@H](O)CC[C@]4(C)[C@H]3C[C@H](O)[C@]12C. The third kappa shape index (κ3) is 2.13. The molecule has 0 unspecified atom stereocenters. The summed E-state index contributed by atoms with van der Waals surface area (Å²) in [5, 5.41) is 21.3. The summed E-state index contributed by atoms with van der Waals surface area (Å²) in [6, 6.07) is 0. The lowest BCUT2D eigenvalue weighted by atomic mass is 9.44. The highest BCUT2D eigenvalue weighted by atomic mass is 16.3. The van der Waals surface area contributed by atoms with Gasteiger partial charge in [0, 0.05) is 11.3 Å². The van der Waals surface area contributed by atoms with Gasteiger partial charge < -0.3 is 10.2 Å². The van der Waals surface area contributed by atoms with Crippen LogP contribution in [0.5, 0.6) is 0 Å². The molecule has 4 rings (SSSR count). The minimum Gasteiger partial charge on any atom is -0.393 e. The minimum atomic E-state index is -0.345. The van der Waals surface area contributed by atoms with Gasteiger partial charge in [-0.3, -0.25) is 4.79 Å². The summed E-state index contributed by atoms with van der Waals surface area (Å²) in [6.07, 6.45) is 7.92. The topological polar surface area (TPSA) is 57.5 Å². The summed E-state index contributed by atoms with van der Waals surface area (Å²) in [5.41, 5.74) is 0.0726. The van der Waals surface area contributed by atoms with Crippen molar-refractivity contribution in [2.75, 3.05) is 0 Å². The molecule has 0 saturated heterocycles. The van der Waals surface area contributed by atoms with E-state index in [1.54, 1.807) is 6.92 Å². The Morgan fingerprint density at radius 1 is 0.958 bits per heavy atom. The monoisotopic (exact) mass is 334 g/mol. The lowest BCUT2D eigenvalue weighted by Crippen LogP contribution is -2.58. The number of aliphatic hydroxyl groups excluding tert-OH is 2. The first kappa shape index (κ1) is 17.0. The molecule has 0 heterocycles. The van der Waals surface area contributed by atoms with Gasteiger partial charge >= 0.3 is 0 Å². The highest BCUT2D eigenvalue weighted by Crippen LogP contribution is 2.67. The molecule has 9 atom stereocenters. The Morgan fingerprint density at radius 2 is 1.71 bits per heavy atom. The summed E-state index contributed by atoms with van der Waals surface area (Å²) in [7, 11) is 0. The molecule has 0 aliphatic heterocycles. The van der Waals surface area contributed by atoms with Gasteiger partial charge in [-0.25, -0.2) is 0 Å². The fourth-order valence-electron chi connectivity index (χ4n) is 7.86. The lowest BCUT2D eigenvalue weighted by Gasteiger charge is -2.62. The van der Waals surface area contributed by atoms with Gasteiger partial charge in [0.25, 0.3) is 0 Å². The highest BCUT2D eigenvalue weighted by molar-refractivity contribution is 5.79. The third-order valence-corrected chi connectivity index (χ3v) is 9.24. The van der Waals surface area contributed by atoms with Gasteiger partial charge in [-0.1, -0.05) is 13.8 Å². The van der Waals surface area contributed by atoms with Crippen molar-refractivity contribution in [2.24, 2.45) is 40.4 Å². The number of aliphatic hydroxyl groups is 2. The second kappa shape index (κ2) is 5.54. The molecule has 4 fully saturated rings. The van der Waals surface area contributed by atoms with Gasteiger partial charge in [0.05, 0.1) is 12.2 Å². The zero-order chi connectivity index (χ0) is 17.3. The van der Waals surface area contributed by atoms with Crippen molar-refractivity contribution >= 4 is 5.78 Å². The number of Topliss-reactive ketones (excluding diaryl/α,β-unsaturated/α-hetero) is 1. The first-order chi connectivity index (χ1) is 11.3. The Labute approximate surface area is 146 Å². The Balaban J connectivity index is 1.66. The van der Waals surface area contributed by atoms with Crippen LogP contribution in [-0.2, 0) is 4.79 Å². The van der Waals surface area contributed by atoms with Crippen molar-refractivity contribution in [1.82, 2.24) is 0 Å². The van der Waals surface area contributed by atoms with Crippen LogP contribution in [0.3, 0.4) is 0 Å². The highest BCUT2D eigenvalue weighted by Gasteiger charge is 2.63. The number of fused-ring (bicyclic) bond motifs is 5. The first-order valence-corrected chi connectivity index (χ1v) is 10.1. The van der Waals surface area contributed by atoms with Crippen LogP contribution in [0.1, 0.15) is 72.1 Å². The number of ketones is 1. The maximum absolute atomic E-state index is 12.2. The zero-order valence-electron chi connectivity index (χ0n) is 15.5. The summed E-state index contributed by atoms with van der Waals surface area (Å²) in [5.74, 6) is 2.69. The second-order valence-corrected chi connectivity index (χ2v) is 9.94. The van der Waals surface area contributed by atoms with E-state index in [0.29, 0.717) is 23.7 Å². The van der Waals surface area contributed by atoms with Crippen molar-refractivity contribution in [1.29, 1.82) is 0 Å². The van der Waals surface area contributed by atoms with Gasteiger partial charge in [0.2, 0.25) is 0 Å². The molecule has 0 spiro atoms. The molecule has 4 aliphatic rings. The molecule has 24 heavy (non-hydrogen) atoms. The van der Waals surface area contributed by atoms with Crippen molar-refractivity contribution in [3.05, 3.63) is 0 Å². The molecule has 2 N–H and O–H groups in total. The molecule has 0 aromatic heterocycles. The van der Waals surface area contributed by atoms with Crippen LogP contribution in [0, 0.1) is 40.4 Å². The van der Waals surface area contributed by atoms with E-state index in [0.717, 1.165) is 38.5 Å². The summed E-state index contributed by atoms with van der Waals surface area (Å²) in [4.78, 5) is 12.2. The van der Waals surface area contributed by atoms with Crippen LogP contribution >= 0.6 is 0 Å². The van der Waals surface area contributed by atoms with Gasteiger partial charge in [-0.2, -0.15) is 0 Å². The number of carbonyl (C=O) groups excluding carboxylic acids is 1. The fraction of sp³-hybridized carbons (Fsp3) is 0.952. The number of rotatable bonds is 1. The predicted molar refractivity (Wildman–Crippen MR) is 93.3 cm³/mol. The predicted octanol–water partition coefficient (Wildman–Crippen LogP) is 3.57. The smallest absolute Gasteiger partial charge is 0.133 e. The lowest BCUT2D eigenvalue weighted by molar-refractivity contribution is -0.173. The van der Waals surface area contributed by atoms with Crippen LogP contribution < -0.4 is 0 Å². The second-order valence-electron chi connectivity index (χ2n) is 9.94. The van der Waals surface area contributed by atoms with Crippen LogP contribution in [-0.4, -0.2) is 28.2 Å². The van der Waals surface area contributed by atoms with E-state index in [9.17, 15) is 15.0 Å². The minimum absolute atomic E-state index is 0.0529. The number of hydrogen-bond donors (Lipinski definition) is 2. The van der Waals surface area contributed by atoms with Crippen molar-refractivity contribution in [3.8, 4) is 0 Å². The molecule has 3 nitrogen and oxygen atoms in total. The van der Waals surface area contributed by atoms with E-state index in [1.807, 2.05) is 0 Å². The average molecular weight is 335 g/mol. The molecule has 0 radical (unpaired) electrons. The molecule has 0 aromatic carbocycles. The van der Waals surface area contributed by atoms with Crippen molar-refractivity contribution in [2.45, 2.75) is 84.3 Å². The fourth-order valence-corrected chi connectivity index (χ4v) is 7.86. The van der Waals surface area contributed by atoms with E-state index in [2.05, 4.69) is 13.8 Å². The Hall–Kier alpha value is -0.410. The third-order valence-electron chi connectivity index (χ3n) is 9.24. The Morgan fingerprint density at radius 3 is 2.42 bits per heavy atom. The van der Waals surface area contributed by atoms with Crippen LogP contribution in [0.15, 0.2) is 0 Å². The standard InChI is InChI=1S/C21H34O3/c1-12(22)16-6-7-17-15-5-4-13-10-14(23)8-9-20(13,2)18(15)11-19(24)21(16,17)3/h13-19,23-24H,4-11H2,1-3H3/t13-,14-,15+,16-,17+,18+,19+,20+,21-/m1/s1. The molecule has 0 amide bonds. The van der Waals surface area contributed by atoms with Gasteiger partial charge in [-0.05, 0) is 87.4 Å². The Kier molecular flexibility index (Phi) is 3.93. The molecular formula is C21H34O3. The van der Waals surface area contributed by atoms with E-state index >= 15 is 0 Å². The number of carbonyl (C=O) groups is 1. The van der Waals surface area contributed by atoms with Gasteiger partial charge in [0.15, 0.2) is 0 Å². The van der Waals surface area contributed by atoms with Crippen molar-refractivity contribution < 1.29 is 15.0 Å². The molecule has 136 valence electrons. The van der Waals surface area contributed by atoms with Crippen molar-refractivity contribution in [3.63, 3.8) is 0 Å². The molecule has 4 saturated carbocycles. The van der Waals surface area contributed by atoms with Crippen LogP contribution in [0.2, 0.25) is 0 Å². The van der Waals surface area contributed by atoms with Gasteiger partial charge in [-0.15, -0.1) is 0 Å². The molecule has 0 bridgehead atoms. The largest absolute Gasteiger partial charge is 0.393 e. The molecule has 4 aliphatic carbocycles. The first-order valence-electron chi connectivity index (χ1n) is 10.1. The molecular weight excluding hydrogens is 300 g/mol. The normalized spacial score (nSPS) is 57.0. The van der Waals surface area contributed by atoms with Crippen LogP contribution in [0.4, 0.5) is 0 Å². The maximum atomic E-state index is 12.2. The summed E-state index contributed by atoms with van der Waals surface area (Å²) >= 11 is 0. The molecule has 0 aromatic rings. The van der Waals surface area contributed by atoms with E-state index in [-0.39, 0.29) is 34.7 Å². The van der Waals surface area contributed by atoms with Gasteiger partial charge in [0.1, 0.15) is 5.78 Å². The number of hydrogen-bond acceptors (Lipinski definition) is 3. The Bertz CT molecular complexity index is 531. The maximum Gasteiger partial charge on any atom is 0.133 e. The summed E-state index contributed by atoms with van der Waals surface area (Å²) < 4.78 is 0. The quantitative estimate of drug-likeness (QED) is 0.771. The van der Waals surface area contributed by atoms with Crippen LogP contribution in [0.25, 0.3) is 0 Å².